The van der Waals surface area contributed by atoms with Crippen molar-refractivity contribution in [2.24, 2.45) is 5.92 Å². The SMILES string of the molecule is CCOc1ncccc1-c1ccc2c(n1)C(=O)NC[C@]21CCN(c2ccccc2C(F)(F)F)C[C@H]1CC. The largest absolute Gasteiger partial charge is 0.477 e. The van der Waals surface area contributed by atoms with Crippen LogP contribution < -0.4 is 15.0 Å². The number of fused-ring (bicyclic) bond motifs is 2. The molecule has 0 radical (unpaired) electrons. The molecule has 4 heterocycles. The second-order valence-corrected chi connectivity index (χ2v) is 9.54. The van der Waals surface area contributed by atoms with Crippen LogP contribution in [0.3, 0.4) is 0 Å². The molecule has 0 aliphatic carbocycles. The summed E-state index contributed by atoms with van der Waals surface area (Å²) in [5, 5.41) is 3.02. The predicted molar refractivity (Wildman–Crippen MR) is 135 cm³/mol. The van der Waals surface area contributed by atoms with Crippen molar-refractivity contribution in [1.82, 2.24) is 15.3 Å². The highest BCUT2D eigenvalue weighted by molar-refractivity contribution is 5.96. The molecule has 0 unspecified atom stereocenters. The summed E-state index contributed by atoms with van der Waals surface area (Å²) in [5.74, 6) is 0.224. The van der Waals surface area contributed by atoms with Gasteiger partial charge >= 0.3 is 6.18 Å². The van der Waals surface area contributed by atoms with Gasteiger partial charge in [0.1, 0.15) is 5.69 Å². The number of piperidine rings is 1. The maximum atomic E-state index is 13.7. The number of para-hydroxylation sites is 1. The molecule has 2 atom stereocenters. The lowest BCUT2D eigenvalue weighted by Crippen LogP contribution is -2.58. The van der Waals surface area contributed by atoms with Gasteiger partial charge in [0.15, 0.2) is 0 Å². The van der Waals surface area contributed by atoms with Crippen molar-refractivity contribution >= 4 is 11.6 Å². The van der Waals surface area contributed by atoms with Crippen LogP contribution in [0.25, 0.3) is 11.3 Å². The zero-order valence-electron chi connectivity index (χ0n) is 20.8. The van der Waals surface area contributed by atoms with Crippen LogP contribution in [0.2, 0.25) is 0 Å². The minimum absolute atomic E-state index is 0.0203. The maximum Gasteiger partial charge on any atom is 0.418 e. The zero-order valence-corrected chi connectivity index (χ0v) is 20.8. The second kappa shape index (κ2) is 9.68. The Hall–Kier alpha value is -3.62. The number of rotatable bonds is 5. The highest BCUT2D eigenvalue weighted by Crippen LogP contribution is 2.47. The molecule has 1 aromatic carbocycles. The number of hydrogen-bond acceptors (Lipinski definition) is 5. The highest BCUT2D eigenvalue weighted by atomic mass is 19.4. The quantitative estimate of drug-likeness (QED) is 0.493. The topological polar surface area (TPSA) is 67.3 Å². The average molecular weight is 511 g/mol. The lowest BCUT2D eigenvalue weighted by Gasteiger charge is -2.51. The van der Waals surface area contributed by atoms with Crippen LogP contribution in [0.15, 0.2) is 54.7 Å². The number of carbonyl (C=O) groups excluding carboxylic acids is 1. The molecule has 6 nitrogen and oxygen atoms in total. The molecule has 1 saturated heterocycles. The standard InChI is InChI=1S/C28H29F3N4O2/c1-3-18-16-35(23-10-6-5-9-20(23)28(29,30)31)15-13-27(18)17-33-25(36)24-21(27)11-12-22(34-24)19-8-7-14-32-26(19)37-4-2/h5-12,14,18H,3-4,13,15-17H2,1-2H3,(H,33,36)/t18-,27+/m1/s1. The van der Waals surface area contributed by atoms with Gasteiger partial charge in [-0.05, 0) is 55.2 Å². The van der Waals surface area contributed by atoms with Gasteiger partial charge in [-0.1, -0.05) is 31.5 Å². The Morgan fingerprint density at radius 3 is 2.70 bits per heavy atom. The third-order valence-corrected chi connectivity index (χ3v) is 7.63. The summed E-state index contributed by atoms with van der Waals surface area (Å²) >= 11 is 0. The van der Waals surface area contributed by atoms with Crippen molar-refractivity contribution in [2.45, 2.75) is 38.3 Å². The Morgan fingerprint density at radius 1 is 1.14 bits per heavy atom. The number of aromatic nitrogens is 2. The molecule has 5 rings (SSSR count). The molecule has 0 bridgehead atoms. The van der Waals surface area contributed by atoms with E-state index >= 15 is 0 Å². The molecule has 1 fully saturated rings. The fraction of sp³-hybridized carbons (Fsp3) is 0.393. The van der Waals surface area contributed by atoms with Gasteiger partial charge in [0, 0.05) is 36.9 Å². The van der Waals surface area contributed by atoms with Gasteiger partial charge in [-0.25, -0.2) is 9.97 Å². The average Bonchev–Trinajstić information content (AvgIpc) is 2.91. The van der Waals surface area contributed by atoms with Crippen molar-refractivity contribution in [3.05, 3.63) is 71.5 Å². The summed E-state index contributed by atoms with van der Waals surface area (Å²) in [6, 6.07) is 13.2. The van der Waals surface area contributed by atoms with Crippen LogP contribution in [0.5, 0.6) is 5.88 Å². The molecule has 2 aliphatic heterocycles. The lowest BCUT2D eigenvalue weighted by atomic mass is 9.63. The minimum atomic E-state index is -4.42. The molecule has 9 heteroatoms. The number of anilines is 1. The Balaban J connectivity index is 1.52. The van der Waals surface area contributed by atoms with Crippen molar-refractivity contribution < 1.29 is 22.7 Å². The first-order chi connectivity index (χ1) is 17.8. The van der Waals surface area contributed by atoms with Gasteiger partial charge in [0.05, 0.1) is 23.4 Å². The Bertz CT molecular complexity index is 1310. The van der Waals surface area contributed by atoms with Crippen molar-refractivity contribution in [3.63, 3.8) is 0 Å². The summed E-state index contributed by atoms with van der Waals surface area (Å²) in [6.45, 7) is 5.71. The minimum Gasteiger partial charge on any atom is -0.477 e. The smallest absolute Gasteiger partial charge is 0.418 e. The third kappa shape index (κ3) is 4.40. The summed E-state index contributed by atoms with van der Waals surface area (Å²) < 4.78 is 46.8. The number of halogens is 3. The zero-order chi connectivity index (χ0) is 26.2. The van der Waals surface area contributed by atoms with E-state index in [2.05, 4.69) is 10.3 Å². The van der Waals surface area contributed by atoms with E-state index in [9.17, 15) is 18.0 Å². The second-order valence-electron chi connectivity index (χ2n) is 9.54. The van der Waals surface area contributed by atoms with Crippen molar-refractivity contribution in [2.75, 3.05) is 31.1 Å². The van der Waals surface area contributed by atoms with Gasteiger partial charge in [-0.15, -0.1) is 0 Å². The van der Waals surface area contributed by atoms with Gasteiger partial charge in [0.2, 0.25) is 5.88 Å². The Kier molecular flexibility index (Phi) is 6.56. The summed E-state index contributed by atoms with van der Waals surface area (Å²) in [4.78, 5) is 23.9. The molecular weight excluding hydrogens is 481 g/mol. The molecule has 0 saturated carbocycles. The van der Waals surface area contributed by atoms with Crippen LogP contribution in [0.1, 0.15) is 48.3 Å². The van der Waals surface area contributed by atoms with E-state index in [-0.39, 0.29) is 17.5 Å². The molecule has 1 amide bonds. The summed E-state index contributed by atoms with van der Waals surface area (Å²) in [6.07, 6.45) is -1.43. The Labute approximate surface area is 213 Å². The van der Waals surface area contributed by atoms with E-state index < -0.39 is 17.2 Å². The van der Waals surface area contributed by atoms with Gasteiger partial charge in [-0.3, -0.25) is 4.79 Å². The number of hydrogen-bond donors (Lipinski definition) is 1. The number of pyridine rings is 2. The van der Waals surface area contributed by atoms with Crippen molar-refractivity contribution in [1.29, 1.82) is 0 Å². The Morgan fingerprint density at radius 2 is 1.95 bits per heavy atom. The van der Waals surface area contributed by atoms with Crippen LogP contribution in [-0.2, 0) is 11.6 Å². The van der Waals surface area contributed by atoms with Gasteiger partial charge in [0.25, 0.3) is 5.91 Å². The van der Waals surface area contributed by atoms with Crippen LogP contribution in [0, 0.1) is 5.92 Å². The van der Waals surface area contributed by atoms with Crippen molar-refractivity contribution in [3.8, 4) is 17.1 Å². The monoisotopic (exact) mass is 510 g/mol. The molecular formula is C28H29F3N4O2. The predicted octanol–water partition coefficient (Wildman–Crippen LogP) is 5.48. The molecule has 194 valence electrons. The first-order valence-corrected chi connectivity index (χ1v) is 12.6. The number of nitrogens with one attached hydrogen (secondary N) is 1. The highest BCUT2D eigenvalue weighted by Gasteiger charge is 2.49. The molecule has 2 aromatic heterocycles. The third-order valence-electron chi connectivity index (χ3n) is 7.63. The van der Waals surface area contributed by atoms with Crippen LogP contribution >= 0.6 is 0 Å². The molecule has 2 aliphatic rings. The van der Waals surface area contributed by atoms with E-state index in [4.69, 9.17) is 9.72 Å². The number of carbonyl (C=O) groups is 1. The number of amides is 1. The fourth-order valence-corrected chi connectivity index (χ4v) is 5.82. The van der Waals surface area contributed by atoms with E-state index in [0.717, 1.165) is 18.1 Å². The first-order valence-electron chi connectivity index (χ1n) is 12.6. The maximum absolute atomic E-state index is 13.7. The number of alkyl halides is 3. The molecule has 3 aromatic rings. The first kappa shape index (κ1) is 25.0. The lowest BCUT2D eigenvalue weighted by molar-refractivity contribution is -0.137. The van der Waals surface area contributed by atoms with E-state index in [0.29, 0.717) is 55.5 Å². The normalized spacial score (nSPS) is 21.5. The van der Waals surface area contributed by atoms with E-state index in [1.54, 1.807) is 24.4 Å². The number of nitrogens with zero attached hydrogens (tertiary/aromatic N) is 3. The van der Waals surface area contributed by atoms with Gasteiger partial charge in [-0.2, -0.15) is 13.2 Å². The van der Waals surface area contributed by atoms with Crippen LogP contribution in [0.4, 0.5) is 18.9 Å². The fourth-order valence-electron chi connectivity index (χ4n) is 5.82. The summed E-state index contributed by atoms with van der Waals surface area (Å²) in [5.41, 5.74) is 1.68. The number of ether oxygens (including phenoxy) is 1. The van der Waals surface area contributed by atoms with E-state index in [1.807, 2.05) is 36.9 Å². The van der Waals surface area contributed by atoms with Crippen LogP contribution in [-0.4, -0.2) is 42.1 Å². The van der Waals surface area contributed by atoms with Gasteiger partial charge < -0.3 is 15.0 Å². The number of benzene rings is 1. The molecule has 1 N–H and O–H groups in total. The molecule has 1 spiro atoms. The van der Waals surface area contributed by atoms with E-state index in [1.165, 1.54) is 6.07 Å². The summed E-state index contributed by atoms with van der Waals surface area (Å²) in [7, 11) is 0. The molecule has 37 heavy (non-hydrogen) atoms.